The summed E-state index contributed by atoms with van der Waals surface area (Å²) in [6.45, 7) is 3.78. The van der Waals surface area contributed by atoms with Gasteiger partial charge in [0.05, 0.1) is 24.6 Å². The summed E-state index contributed by atoms with van der Waals surface area (Å²) in [6.07, 6.45) is 1.50. The molecular weight excluding hydrogens is 384 g/mol. The van der Waals surface area contributed by atoms with Gasteiger partial charge in [0.2, 0.25) is 10.0 Å². The highest BCUT2D eigenvalue weighted by atomic mass is 32.2. The topological polar surface area (TPSA) is 102 Å². The molecule has 28 heavy (non-hydrogen) atoms. The molecule has 3 aromatic rings. The second-order valence-corrected chi connectivity index (χ2v) is 7.85. The summed E-state index contributed by atoms with van der Waals surface area (Å²) < 4.78 is 43.3. The van der Waals surface area contributed by atoms with E-state index in [1.165, 1.54) is 42.8 Å². The zero-order valence-electron chi connectivity index (χ0n) is 15.5. The zero-order chi connectivity index (χ0) is 20.3. The standard InChI is InChI=1S/C19H20N2O6S/c1-4-10-21(12-13-6-5-7-16(25-2)18(13)26-3)28(23,24)14-8-9-15-17(11-14)27-19(22)20-15/h4-9,11H,1,10,12H2,2-3H3,(H,20,22). The van der Waals surface area contributed by atoms with Gasteiger partial charge in [-0.1, -0.05) is 18.2 Å². The molecule has 0 radical (unpaired) electrons. The molecule has 2 aromatic carbocycles. The van der Waals surface area contributed by atoms with E-state index < -0.39 is 15.8 Å². The normalized spacial score (nSPS) is 11.7. The number of rotatable bonds is 8. The van der Waals surface area contributed by atoms with Crippen molar-refractivity contribution in [2.45, 2.75) is 11.4 Å². The van der Waals surface area contributed by atoms with E-state index in [0.29, 0.717) is 22.6 Å². The maximum Gasteiger partial charge on any atom is 0.417 e. The van der Waals surface area contributed by atoms with Gasteiger partial charge in [-0.3, -0.25) is 4.98 Å². The Morgan fingerprint density at radius 2 is 2.00 bits per heavy atom. The van der Waals surface area contributed by atoms with Crippen LogP contribution in [0.1, 0.15) is 5.56 Å². The molecule has 0 spiro atoms. The number of hydrogen-bond acceptors (Lipinski definition) is 6. The first kappa shape index (κ1) is 19.7. The maximum atomic E-state index is 13.2. The summed E-state index contributed by atoms with van der Waals surface area (Å²) >= 11 is 0. The summed E-state index contributed by atoms with van der Waals surface area (Å²) in [5.74, 6) is 0.321. The summed E-state index contributed by atoms with van der Waals surface area (Å²) in [4.78, 5) is 13.8. The number of fused-ring (bicyclic) bond motifs is 1. The molecule has 0 saturated carbocycles. The third-order valence-electron chi connectivity index (χ3n) is 4.19. The van der Waals surface area contributed by atoms with Crippen molar-refractivity contribution in [3.05, 3.63) is 65.2 Å². The number of nitrogens with one attached hydrogen (secondary N) is 1. The van der Waals surface area contributed by atoms with Crippen molar-refractivity contribution in [1.29, 1.82) is 0 Å². The molecular formula is C19H20N2O6S. The largest absolute Gasteiger partial charge is 0.493 e. The lowest BCUT2D eigenvalue weighted by Crippen LogP contribution is -2.31. The molecule has 0 bridgehead atoms. The molecule has 0 aliphatic heterocycles. The van der Waals surface area contributed by atoms with Crippen molar-refractivity contribution in [2.75, 3.05) is 20.8 Å². The minimum Gasteiger partial charge on any atom is -0.493 e. The van der Waals surface area contributed by atoms with Crippen molar-refractivity contribution in [1.82, 2.24) is 9.29 Å². The highest BCUT2D eigenvalue weighted by molar-refractivity contribution is 7.89. The van der Waals surface area contributed by atoms with Crippen LogP contribution in [0.4, 0.5) is 0 Å². The van der Waals surface area contributed by atoms with Gasteiger partial charge in [-0.15, -0.1) is 6.58 Å². The lowest BCUT2D eigenvalue weighted by Gasteiger charge is -2.22. The van der Waals surface area contributed by atoms with Crippen molar-refractivity contribution < 1.29 is 22.3 Å². The van der Waals surface area contributed by atoms with Crippen molar-refractivity contribution in [3.63, 3.8) is 0 Å². The fourth-order valence-electron chi connectivity index (χ4n) is 2.90. The van der Waals surface area contributed by atoms with Crippen LogP contribution in [0.5, 0.6) is 11.5 Å². The third kappa shape index (κ3) is 3.67. The molecule has 0 aliphatic rings. The van der Waals surface area contributed by atoms with E-state index in [1.807, 2.05) is 0 Å². The van der Waals surface area contributed by atoms with Gasteiger partial charge in [-0.2, -0.15) is 4.31 Å². The van der Waals surface area contributed by atoms with Crippen molar-refractivity contribution in [2.24, 2.45) is 0 Å². The Labute approximate surface area is 162 Å². The Balaban J connectivity index is 2.03. The fourth-order valence-corrected chi connectivity index (χ4v) is 4.30. The van der Waals surface area contributed by atoms with Crippen LogP contribution in [0, 0.1) is 0 Å². The molecule has 9 heteroatoms. The molecule has 0 saturated heterocycles. The van der Waals surface area contributed by atoms with Gasteiger partial charge in [0.1, 0.15) is 0 Å². The minimum atomic E-state index is -3.90. The molecule has 0 amide bonds. The highest BCUT2D eigenvalue weighted by Gasteiger charge is 2.26. The third-order valence-corrected chi connectivity index (χ3v) is 6.00. The van der Waals surface area contributed by atoms with E-state index in [4.69, 9.17) is 13.9 Å². The first-order valence-electron chi connectivity index (χ1n) is 8.34. The number of benzene rings is 2. The monoisotopic (exact) mass is 404 g/mol. The lowest BCUT2D eigenvalue weighted by molar-refractivity contribution is 0.345. The molecule has 0 fully saturated rings. The Hall–Kier alpha value is -3.04. The second kappa shape index (κ2) is 7.91. The van der Waals surface area contributed by atoms with Gasteiger partial charge in [0.25, 0.3) is 0 Å². The van der Waals surface area contributed by atoms with Gasteiger partial charge in [-0.25, -0.2) is 13.2 Å². The molecule has 0 unspecified atom stereocenters. The SMILES string of the molecule is C=CCN(Cc1cccc(OC)c1OC)S(=O)(=O)c1ccc2[nH]c(=O)oc2c1. The fraction of sp³-hybridized carbons (Fsp3) is 0.211. The number of aromatic amines is 1. The zero-order valence-corrected chi connectivity index (χ0v) is 16.3. The first-order valence-corrected chi connectivity index (χ1v) is 9.78. The Bertz CT molecular complexity index is 1160. The molecule has 148 valence electrons. The summed E-state index contributed by atoms with van der Waals surface area (Å²) in [7, 11) is -0.889. The van der Waals surface area contributed by atoms with E-state index in [1.54, 1.807) is 18.2 Å². The van der Waals surface area contributed by atoms with E-state index in [0.717, 1.165) is 0 Å². The average Bonchev–Trinajstić information content (AvgIpc) is 3.06. The van der Waals surface area contributed by atoms with Crippen LogP contribution in [-0.4, -0.2) is 38.5 Å². The van der Waals surface area contributed by atoms with Crippen LogP contribution in [0.2, 0.25) is 0 Å². The molecule has 1 N–H and O–H groups in total. The number of hydrogen-bond donors (Lipinski definition) is 1. The second-order valence-electron chi connectivity index (χ2n) is 5.91. The van der Waals surface area contributed by atoms with Gasteiger partial charge < -0.3 is 13.9 Å². The van der Waals surface area contributed by atoms with Crippen LogP contribution in [-0.2, 0) is 16.6 Å². The predicted molar refractivity (Wildman–Crippen MR) is 104 cm³/mol. The van der Waals surface area contributed by atoms with Gasteiger partial charge in [0, 0.05) is 24.7 Å². The summed E-state index contributed by atoms with van der Waals surface area (Å²) in [5, 5.41) is 0. The van der Waals surface area contributed by atoms with Crippen molar-refractivity contribution in [3.8, 4) is 11.5 Å². The molecule has 0 atom stereocenters. The number of para-hydroxylation sites is 1. The van der Waals surface area contributed by atoms with Crippen LogP contribution < -0.4 is 15.2 Å². The number of ether oxygens (including phenoxy) is 2. The molecule has 0 aliphatic carbocycles. The van der Waals surface area contributed by atoms with Gasteiger partial charge in [-0.05, 0) is 18.2 Å². The summed E-state index contributed by atoms with van der Waals surface area (Å²) in [5.41, 5.74) is 1.24. The quantitative estimate of drug-likeness (QED) is 0.579. The highest BCUT2D eigenvalue weighted by Crippen LogP contribution is 2.32. The number of sulfonamides is 1. The predicted octanol–water partition coefficient (Wildman–Crippen LogP) is 2.52. The minimum absolute atomic E-state index is 0.00598. The smallest absolute Gasteiger partial charge is 0.417 e. The molecule has 1 aromatic heterocycles. The van der Waals surface area contributed by atoms with Crippen LogP contribution in [0.15, 0.2) is 63.2 Å². The van der Waals surface area contributed by atoms with E-state index in [2.05, 4.69) is 11.6 Å². The lowest BCUT2D eigenvalue weighted by atomic mass is 10.2. The number of H-pyrrole nitrogens is 1. The Morgan fingerprint density at radius 1 is 1.21 bits per heavy atom. The number of oxazole rings is 1. The van der Waals surface area contributed by atoms with Crippen LogP contribution >= 0.6 is 0 Å². The van der Waals surface area contributed by atoms with Gasteiger partial charge >= 0.3 is 5.76 Å². The Kier molecular flexibility index (Phi) is 5.57. The maximum absolute atomic E-state index is 13.2. The van der Waals surface area contributed by atoms with Crippen LogP contribution in [0.3, 0.4) is 0 Å². The summed E-state index contributed by atoms with van der Waals surface area (Å²) in [6, 6.07) is 9.49. The van der Waals surface area contributed by atoms with E-state index in [-0.39, 0.29) is 23.6 Å². The van der Waals surface area contributed by atoms with E-state index in [9.17, 15) is 13.2 Å². The first-order chi connectivity index (χ1) is 13.4. The van der Waals surface area contributed by atoms with Crippen molar-refractivity contribution >= 4 is 21.1 Å². The molecule has 8 nitrogen and oxygen atoms in total. The molecule has 3 rings (SSSR count). The Morgan fingerprint density at radius 3 is 2.68 bits per heavy atom. The van der Waals surface area contributed by atoms with E-state index >= 15 is 0 Å². The van der Waals surface area contributed by atoms with Gasteiger partial charge in [0.15, 0.2) is 17.1 Å². The number of methoxy groups -OCH3 is 2. The average molecular weight is 404 g/mol. The van der Waals surface area contributed by atoms with Crippen LogP contribution in [0.25, 0.3) is 11.1 Å². The number of aromatic nitrogens is 1. The molecule has 1 heterocycles. The number of nitrogens with zero attached hydrogens (tertiary/aromatic N) is 1.